The van der Waals surface area contributed by atoms with Crippen molar-refractivity contribution in [1.82, 2.24) is 10.2 Å². The fraction of sp³-hybridized carbons (Fsp3) is 0.250. The summed E-state index contributed by atoms with van der Waals surface area (Å²) in [6.45, 7) is 0.820. The van der Waals surface area contributed by atoms with Crippen molar-refractivity contribution in [3.8, 4) is 5.75 Å². The van der Waals surface area contributed by atoms with E-state index in [9.17, 15) is 27.9 Å². The van der Waals surface area contributed by atoms with E-state index in [1.807, 2.05) is 36.4 Å². The molecule has 172 valence electrons. The molecular weight excluding hydrogens is 437 g/mol. The van der Waals surface area contributed by atoms with E-state index >= 15 is 0 Å². The predicted molar refractivity (Wildman–Crippen MR) is 114 cm³/mol. The second-order valence-electron chi connectivity index (χ2n) is 8.02. The Labute approximate surface area is 187 Å². The quantitative estimate of drug-likeness (QED) is 0.546. The van der Waals surface area contributed by atoms with E-state index in [0.29, 0.717) is 5.56 Å². The first-order valence-electron chi connectivity index (χ1n) is 10.2. The Kier molecular flexibility index (Phi) is 5.75. The summed E-state index contributed by atoms with van der Waals surface area (Å²) in [7, 11) is 0. The van der Waals surface area contributed by atoms with Gasteiger partial charge in [0.1, 0.15) is 24.0 Å². The van der Waals surface area contributed by atoms with Gasteiger partial charge in [0.15, 0.2) is 0 Å². The number of halogens is 3. The first-order valence-corrected chi connectivity index (χ1v) is 10.2. The van der Waals surface area contributed by atoms with Crippen molar-refractivity contribution in [3.63, 3.8) is 0 Å². The molecule has 9 heteroatoms. The van der Waals surface area contributed by atoms with Gasteiger partial charge in [-0.2, -0.15) is 13.2 Å². The molecule has 0 aromatic heterocycles. The number of β-amino-alcohol motifs (C(OH)–C–C–N with tert-alkyl or cyclic N) is 1. The molecule has 0 bridgehead atoms. The summed E-state index contributed by atoms with van der Waals surface area (Å²) in [5, 5.41) is 14.9. The average Bonchev–Trinajstić information content (AvgIpc) is 3.01. The molecule has 1 heterocycles. The monoisotopic (exact) mass is 458 g/mol. The van der Waals surface area contributed by atoms with Crippen LogP contribution >= 0.6 is 0 Å². The Morgan fingerprint density at radius 1 is 1.03 bits per heavy atom. The lowest BCUT2D eigenvalue weighted by atomic mass is 9.90. The number of imide groups is 1. The molecular formula is C24H21F3N2O4. The van der Waals surface area contributed by atoms with Crippen molar-refractivity contribution < 1.29 is 32.6 Å². The summed E-state index contributed by atoms with van der Waals surface area (Å²) in [5.41, 5.74) is -1.60. The number of rotatable bonds is 6. The molecule has 1 fully saturated rings. The molecule has 1 aliphatic rings. The van der Waals surface area contributed by atoms with E-state index in [0.717, 1.165) is 27.8 Å². The summed E-state index contributed by atoms with van der Waals surface area (Å²) < 4.78 is 43.7. The number of hydrogen-bond donors (Lipinski definition) is 2. The van der Waals surface area contributed by atoms with Crippen LogP contribution in [0.1, 0.15) is 18.1 Å². The van der Waals surface area contributed by atoms with Gasteiger partial charge in [-0.25, -0.2) is 4.79 Å². The number of fused-ring (bicyclic) bond motifs is 1. The Morgan fingerprint density at radius 2 is 1.76 bits per heavy atom. The van der Waals surface area contributed by atoms with Gasteiger partial charge in [0.25, 0.3) is 5.91 Å². The van der Waals surface area contributed by atoms with Crippen molar-refractivity contribution in [1.29, 1.82) is 0 Å². The maximum atomic E-state index is 13.1. The molecule has 1 aliphatic heterocycles. The van der Waals surface area contributed by atoms with E-state index in [1.54, 1.807) is 13.0 Å². The molecule has 3 amide bonds. The fourth-order valence-electron chi connectivity index (χ4n) is 3.78. The molecule has 2 N–H and O–H groups in total. The van der Waals surface area contributed by atoms with Crippen LogP contribution in [-0.4, -0.2) is 41.2 Å². The van der Waals surface area contributed by atoms with Crippen molar-refractivity contribution in [2.45, 2.75) is 24.7 Å². The number of carbonyl (C=O) groups is 2. The highest BCUT2D eigenvalue weighted by Gasteiger charge is 2.49. The molecule has 2 atom stereocenters. The minimum Gasteiger partial charge on any atom is -0.491 e. The van der Waals surface area contributed by atoms with Gasteiger partial charge in [0.05, 0.1) is 12.1 Å². The van der Waals surface area contributed by atoms with E-state index in [2.05, 4.69) is 5.32 Å². The summed E-state index contributed by atoms with van der Waals surface area (Å²) in [4.78, 5) is 26.5. The Hall–Kier alpha value is -3.59. The highest BCUT2D eigenvalue weighted by atomic mass is 19.4. The molecule has 0 saturated carbocycles. The third kappa shape index (κ3) is 4.49. The number of amides is 3. The molecule has 3 aromatic rings. The number of benzene rings is 3. The Morgan fingerprint density at radius 3 is 2.48 bits per heavy atom. The second-order valence-corrected chi connectivity index (χ2v) is 8.02. The van der Waals surface area contributed by atoms with Crippen LogP contribution in [0.3, 0.4) is 0 Å². The van der Waals surface area contributed by atoms with Crippen molar-refractivity contribution in [2.24, 2.45) is 0 Å². The molecule has 4 rings (SSSR count). The number of nitrogens with zero attached hydrogens (tertiary/aromatic N) is 1. The molecule has 2 unspecified atom stereocenters. The molecule has 33 heavy (non-hydrogen) atoms. The van der Waals surface area contributed by atoms with Crippen LogP contribution in [0, 0.1) is 0 Å². The highest BCUT2D eigenvalue weighted by molar-refractivity contribution is 6.07. The normalized spacial score (nSPS) is 19.6. The van der Waals surface area contributed by atoms with Gasteiger partial charge in [0.2, 0.25) is 0 Å². The van der Waals surface area contributed by atoms with E-state index in [1.165, 1.54) is 12.1 Å². The smallest absolute Gasteiger partial charge is 0.416 e. The van der Waals surface area contributed by atoms with E-state index < -0.39 is 41.9 Å². The van der Waals surface area contributed by atoms with Gasteiger partial charge in [-0.1, -0.05) is 42.5 Å². The molecule has 0 aliphatic carbocycles. The van der Waals surface area contributed by atoms with Gasteiger partial charge >= 0.3 is 12.2 Å². The zero-order valence-corrected chi connectivity index (χ0v) is 17.6. The van der Waals surface area contributed by atoms with Crippen LogP contribution in [0.4, 0.5) is 18.0 Å². The summed E-state index contributed by atoms with van der Waals surface area (Å²) in [6.07, 6.45) is -5.82. The standard InChI is InChI=1S/C24H21F3N2O4/c1-23(17-10-9-15-5-2-3-6-16(15)11-17)21(31)29(22(32)28-23)13-19(30)14-33-20-8-4-7-18(12-20)24(25,26)27/h2-12,19,30H,13-14H2,1H3,(H,28,32). The number of alkyl halides is 3. The van der Waals surface area contributed by atoms with Crippen molar-refractivity contribution in [2.75, 3.05) is 13.2 Å². The van der Waals surface area contributed by atoms with E-state index in [4.69, 9.17) is 4.74 Å². The van der Waals surface area contributed by atoms with E-state index in [-0.39, 0.29) is 12.3 Å². The van der Waals surface area contributed by atoms with Gasteiger partial charge in [0, 0.05) is 0 Å². The van der Waals surface area contributed by atoms with Crippen LogP contribution in [0.15, 0.2) is 66.7 Å². The van der Waals surface area contributed by atoms with Crippen molar-refractivity contribution >= 4 is 22.7 Å². The SMILES string of the molecule is CC1(c2ccc3ccccc3c2)NC(=O)N(CC(O)COc2cccc(C(F)(F)F)c2)C1=O. The molecule has 1 saturated heterocycles. The zero-order chi connectivity index (χ0) is 23.8. The summed E-state index contributed by atoms with van der Waals surface area (Å²) >= 11 is 0. The second kappa shape index (κ2) is 8.40. The molecule has 3 aromatic carbocycles. The largest absolute Gasteiger partial charge is 0.491 e. The number of aliphatic hydroxyl groups excluding tert-OH is 1. The number of ether oxygens (including phenoxy) is 1. The third-order valence-corrected chi connectivity index (χ3v) is 5.60. The van der Waals surface area contributed by atoms with Crippen LogP contribution in [-0.2, 0) is 16.5 Å². The maximum absolute atomic E-state index is 13.1. The summed E-state index contributed by atoms with van der Waals surface area (Å²) in [5.74, 6) is -0.622. The summed E-state index contributed by atoms with van der Waals surface area (Å²) in [6, 6.07) is 16.6. The first kappa shape index (κ1) is 22.6. The third-order valence-electron chi connectivity index (χ3n) is 5.60. The number of carbonyl (C=O) groups excluding carboxylic acids is 2. The topological polar surface area (TPSA) is 78.9 Å². The Balaban J connectivity index is 1.44. The highest BCUT2D eigenvalue weighted by Crippen LogP contribution is 2.32. The lowest BCUT2D eigenvalue weighted by Crippen LogP contribution is -2.42. The number of urea groups is 1. The van der Waals surface area contributed by atoms with Gasteiger partial charge in [-0.15, -0.1) is 0 Å². The van der Waals surface area contributed by atoms with Crippen molar-refractivity contribution in [3.05, 3.63) is 77.9 Å². The fourth-order valence-corrected chi connectivity index (χ4v) is 3.78. The predicted octanol–water partition coefficient (Wildman–Crippen LogP) is 4.07. The minimum atomic E-state index is -4.52. The van der Waals surface area contributed by atoms with Crippen LogP contribution in [0.2, 0.25) is 0 Å². The van der Waals surface area contributed by atoms with Crippen LogP contribution in [0.5, 0.6) is 5.75 Å². The van der Waals surface area contributed by atoms with Crippen LogP contribution < -0.4 is 10.1 Å². The zero-order valence-electron chi connectivity index (χ0n) is 17.6. The molecule has 0 spiro atoms. The van der Waals surface area contributed by atoms with Gasteiger partial charge < -0.3 is 15.2 Å². The van der Waals surface area contributed by atoms with Gasteiger partial charge in [-0.3, -0.25) is 9.69 Å². The number of nitrogens with one attached hydrogen (secondary N) is 1. The minimum absolute atomic E-state index is 0.0814. The van der Waals surface area contributed by atoms with Crippen LogP contribution in [0.25, 0.3) is 10.8 Å². The first-order chi connectivity index (χ1) is 15.6. The number of aliphatic hydroxyl groups is 1. The maximum Gasteiger partial charge on any atom is 0.416 e. The average molecular weight is 458 g/mol. The van der Waals surface area contributed by atoms with Gasteiger partial charge in [-0.05, 0) is 47.5 Å². The number of hydrogen-bond acceptors (Lipinski definition) is 4. The Bertz CT molecular complexity index is 1210. The molecule has 0 radical (unpaired) electrons. The lowest BCUT2D eigenvalue weighted by Gasteiger charge is -2.23. The lowest BCUT2D eigenvalue weighted by molar-refractivity contribution is -0.137. The molecule has 6 nitrogen and oxygen atoms in total.